The highest BCUT2D eigenvalue weighted by Gasteiger charge is 2.28. The first-order valence-electron chi connectivity index (χ1n) is 5.74. The van der Waals surface area contributed by atoms with E-state index in [4.69, 9.17) is 4.74 Å². The fourth-order valence-corrected chi connectivity index (χ4v) is 4.96. The minimum Gasteiger partial charge on any atom is -0.379 e. The van der Waals surface area contributed by atoms with Crippen LogP contribution in [-0.2, 0) is 14.8 Å². The molecule has 0 bridgehead atoms. The van der Waals surface area contributed by atoms with E-state index in [1.54, 1.807) is 5.38 Å². The Labute approximate surface area is 110 Å². The largest absolute Gasteiger partial charge is 0.379 e. The molecule has 0 atom stereocenters. The molecule has 1 aromatic heterocycles. The van der Waals surface area contributed by atoms with E-state index in [0.29, 0.717) is 31.2 Å². The standard InChI is InChI=1S/C12H13NO3S2/c14-18(15,13-5-7-16-8-6-13)12-9-17-11-4-2-1-3-10(11)12/h1-4,9H,5-8H2. The van der Waals surface area contributed by atoms with Gasteiger partial charge in [-0.3, -0.25) is 0 Å². The van der Waals surface area contributed by atoms with Gasteiger partial charge in [0, 0.05) is 28.6 Å². The van der Waals surface area contributed by atoms with Crippen molar-refractivity contribution in [1.29, 1.82) is 0 Å². The molecule has 3 rings (SSSR count). The monoisotopic (exact) mass is 283 g/mol. The van der Waals surface area contributed by atoms with Crippen molar-refractivity contribution in [3.63, 3.8) is 0 Å². The summed E-state index contributed by atoms with van der Waals surface area (Å²) in [7, 11) is -3.38. The third-order valence-corrected chi connectivity index (χ3v) is 6.08. The second-order valence-electron chi connectivity index (χ2n) is 4.11. The molecule has 0 radical (unpaired) electrons. The Morgan fingerprint density at radius 3 is 2.67 bits per heavy atom. The van der Waals surface area contributed by atoms with Crippen LogP contribution in [0.15, 0.2) is 34.5 Å². The number of morpholine rings is 1. The lowest BCUT2D eigenvalue weighted by Crippen LogP contribution is -2.40. The molecule has 0 amide bonds. The van der Waals surface area contributed by atoms with Gasteiger partial charge in [0.1, 0.15) is 4.90 Å². The van der Waals surface area contributed by atoms with Crippen LogP contribution in [0, 0.1) is 0 Å². The van der Waals surface area contributed by atoms with Crippen molar-refractivity contribution in [3.05, 3.63) is 29.6 Å². The number of hydrogen-bond donors (Lipinski definition) is 0. The van der Waals surface area contributed by atoms with Crippen LogP contribution in [-0.4, -0.2) is 39.0 Å². The van der Waals surface area contributed by atoms with Crippen molar-refractivity contribution in [2.24, 2.45) is 0 Å². The Morgan fingerprint density at radius 1 is 1.17 bits per heavy atom. The maximum absolute atomic E-state index is 12.5. The van der Waals surface area contributed by atoms with E-state index in [-0.39, 0.29) is 0 Å². The number of hydrogen-bond acceptors (Lipinski definition) is 4. The lowest BCUT2D eigenvalue weighted by Gasteiger charge is -2.25. The molecule has 0 spiro atoms. The van der Waals surface area contributed by atoms with Crippen molar-refractivity contribution < 1.29 is 13.2 Å². The molecule has 0 saturated carbocycles. The SMILES string of the molecule is O=S(=O)(c1csc2ccccc12)N1CCOCC1. The average molecular weight is 283 g/mol. The topological polar surface area (TPSA) is 46.6 Å². The predicted octanol–water partition coefficient (Wildman–Crippen LogP) is 1.92. The van der Waals surface area contributed by atoms with E-state index in [1.807, 2.05) is 24.3 Å². The number of benzene rings is 1. The van der Waals surface area contributed by atoms with Crippen LogP contribution < -0.4 is 0 Å². The number of sulfonamides is 1. The van der Waals surface area contributed by atoms with Crippen LogP contribution >= 0.6 is 11.3 Å². The molecule has 2 aromatic rings. The molecule has 0 N–H and O–H groups in total. The zero-order valence-electron chi connectivity index (χ0n) is 9.70. The van der Waals surface area contributed by atoms with Crippen molar-refractivity contribution in [1.82, 2.24) is 4.31 Å². The first-order chi connectivity index (χ1) is 8.69. The minimum absolute atomic E-state index is 0.421. The van der Waals surface area contributed by atoms with Crippen LogP contribution in [0.4, 0.5) is 0 Å². The molecule has 96 valence electrons. The Kier molecular flexibility index (Phi) is 3.11. The predicted molar refractivity (Wildman–Crippen MR) is 71.4 cm³/mol. The summed E-state index contributed by atoms with van der Waals surface area (Å²) in [6.07, 6.45) is 0. The van der Waals surface area contributed by atoms with Gasteiger partial charge in [0.2, 0.25) is 10.0 Å². The minimum atomic E-state index is -3.38. The third-order valence-electron chi connectivity index (χ3n) is 3.03. The molecule has 1 fully saturated rings. The molecular weight excluding hydrogens is 270 g/mol. The van der Waals surface area contributed by atoms with Crippen molar-refractivity contribution >= 4 is 31.4 Å². The van der Waals surface area contributed by atoms with E-state index in [2.05, 4.69) is 0 Å². The first-order valence-corrected chi connectivity index (χ1v) is 8.06. The fourth-order valence-electron chi connectivity index (χ4n) is 2.08. The molecule has 0 unspecified atom stereocenters. The molecule has 1 aliphatic rings. The molecule has 1 aliphatic heterocycles. The summed E-state index contributed by atoms with van der Waals surface area (Å²) in [6, 6.07) is 7.59. The number of fused-ring (bicyclic) bond motifs is 1. The summed E-state index contributed by atoms with van der Waals surface area (Å²) in [6.45, 7) is 1.82. The van der Waals surface area contributed by atoms with Crippen molar-refractivity contribution in [3.8, 4) is 0 Å². The van der Waals surface area contributed by atoms with E-state index >= 15 is 0 Å². The second kappa shape index (κ2) is 4.62. The average Bonchev–Trinajstić information content (AvgIpc) is 2.84. The Morgan fingerprint density at radius 2 is 1.89 bits per heavy atom. The van der Waals surface area contributed by atoms with Gasteiger partial charge in [0.25, 0.3) is 0 Å². The van der Waals surface area contributed by atoms with Gasteiger partial charge in [-0.15, -0.1) is 11.3 Å². The van der Waals surface area contributed by atoms with Crippen LogP contribution in [0.3, 0.4) is 0 Å². The van der Waals surface area contributed by atoms with Gasteiger partial charge in [-0.2, -0.15) is 4.31 Å². The maximum Gasteiger partial charge on any atom is 0.244 e. The molecule has 18 heavy (non-hydrogen) atoms. The van der Waals surface area contributed by atoms with E-state index in [0.717, 1.165) is 10.1 Å². The summed E-state index contributed by atoms with van der Waals surface area (Å²) >= 11 is 1.47. The zero-order valence-corrected chi connectivity index (χ0v) is 11.3. The maximum atomic E-state index is 12.5. The lowest BCUT2D eigenvalue weighted by atomic mass is 10.3. The molecule has 4 nitrogen and oxygen atoms in total. The van der Waals surface area contributed by atoms with Gasteiger partial charge in [0.05, 0.1) is 13.2 Å². The molecule has 2 heterocycles. The number of ether oxygens (including phenoxy) is 1. The summed E-state index contributed by atoms with van der Waals surface area (Å²) in [5.41, 5.74) is 0. The summed E-state index contributed by atoms with van der Waals surface area (Å²) in [4.78, 5) is 0.421. The van der Waals surface area contributed by atoms with Gasteiger partial charge in [-0.1, -0.05) is 18.2 Å². The van der Waals surface area contributed by atoms with Crippen molar-refractivity contribution in [2.75, 3.05) is 26.3 Å². The second-order valence-corrected chi connectivity index (χ2v) is 6.93. The van der Waals surface area contributed by atoms with Gasteiger partial charge in [-0.05, 0) is 6.07 Å². The number of rotatable bonds is 2. The van der Waals surface area contributed by atoms with Gasteiger partial charge in [-0.25, -0.2) is 8.42 Å². The summed E-state index contributed by atoms with van der Waals surface area (Å²) < 4.78 is 32.8. The normalized spacial score (nSPS) is 18.2. The van der Waals surface area contributed by atoms with Crippen molar-refractivity contribution in [2.45, 2.75) is 4.90 Å². The van der Waals surface area contributed by atoms with Gasteiger partial charge < -0.3 is 4.74 Å². The molecule has 1 aromatic carbocycles. The number of nitrogens with zero attached hydrogens (tertiary/aromatic N) is 1. The molecule has 6 heteroatoms. The third kappa shape index (κ3) is 1.95. The molecular formula is C12H13NO3S2. The van der Waals surface area contributed by atoms with Crippen LogP contribution in [0.25, 0.3) is 10.1 Å². The Hall–Kier alpha value is -0.950. The molecule has 0 aliphatic carbocycles. The fraction of sp³-hybridized carbons (Fsp3) is 0.333. The van der Waals surface area contributed by atoms with Gasteiger partial charge >= 0.3 is 0 Å². The van der Waals surface area contributed by atoms with Crippen LogP contribution in [0.2, 0.25) is 0 Å². The van der Waals surface area contributed by atoms with E-state index in [9.17, 15) is 8.42 Å². The first kappa shape index (κ1) is 12.1. The van der Waals surface area contributed by atoms with E-state index in [1.165, 1.54) is 15.6 Å². The van der Waals surface area contributed by atoms with Crippen LogP contribution in [0.1, 0.15) is 0 Å². The van der Waals surface area contributed by atoms with E-state index < -0.39 is 10.0 Å². The smallest absolute Gasteiger partial charge is 0.244 e. The summed E-state index contributed by atoms with van der Waals surface area (Å²) in [5, 5.41) is 2.55. The lowest BCUT2D eigenvalue weighted by molar-refractivity contribution is 0.0731. The highest BCUT2D eigenvalue weighted by molar-refractivity contribution is 7.89. The Bertz CT molecular complexity index is 657. The Balaban J connectivity index is 2.07. The summed E-state index contributed by atoms with van der Waals surface area (Å²) in [5.74, 6) is 0. The van der Waals surface area contributed by atoms with Gasteiger partial charge in [0.15, 0.2) is 0 Å². The highest BCUT2D eigenvalue weighted by Crippen LogP contribution is 2.31. The number of thiophene rings is 1. The van der Waals surface area contributed by atoms with Crippen LogP contribution in [0.5, 0.6) is 0 Å². The highest BCUT2D eigenvalue weighted by atomic mass is 32.2. The molecule has 1 saturated heterocycles. The zero-order chi connectivity index (χ0) is 12.6. The quantitative estimate of drug-likeness (QED) is 0.846.